The number of hydrogen-bond donors (Lipinski definition) is 3. The first kappa shape index (κ1) is 15.7. The van der Waals surface area contributed by atoms with Crippen molar-refractivity contribution in [1.29, 1.82) is 0 Å². The van der Waals surface area contributed by atoms with Gasteiger partial charge in [0.2, 0.25) is 0 Å². The Bertz CT molecular complexity index is 509. The third kappa shape index (κ3) is 4.75. The van der Waals surface area contributed by atoms with Crippen molar-refractivity contribution in [2.75, 3.05) is 0 Å². The summed E-state index contributed by atoms with van der Waals surface area (Å²) in [7, 11) is 0. The van der Waals surface area contributed by atoms with Crippen LogP contribution >= 0.6 is 0 Å². The van der Waals surface area contributed by atoms with E-state index in [2.05, 4.69) is 15.3 Å². The number of ketones is 1. The highest BCUT2D eigenvalue weighted by Crippen LogP contribution is 2.17. The maximum absolute atomic E-state index is 12.1. The fraction of sp³-hybridized carbons (Fsp3) is 0.364. The van der Waals surface area contributed by atoms with Gasteiger partial charge in [0.1, 0.15) is 6.04 Å². The minimum atomic E-state index is -4.98. The molecule has 9 heteroatoms. The van der Waals surface area contributed by atoms with Crippen LogP contribution in [0.25, 0.3) is 0 Å². The van der Waals surface area contributed by atoms with Crippen LogP contribution in [0.1, 0.15) is 12.6 Å². The van der Waals surface area contributed by atoms with Crippen LogP contribution in [0.3, 0.4) is 0 Å². The zero-order valence-corrected chi connectivity index (χ0v) is 10.4. The van der Waals surface area contributed by atoms with Gasteiger partial charge >= 0.3 is 12.1 Å². The van der Waals surface area contributed by atoms with Crippen LogP contribution in [0.4, 0.5) is 13.2 Å². The standard InChI is InChI=1S/C11H12F3N3O3/c1-6(2-9(18)11(12,13)14)17-8(10(19)20)3-7-4-15-5-16-7/h2,4-5,8,17H,3H2,1H3,(H,15,16)(H,19,20)/b6-2-. The molecule has 0 aliphatic carbocycles. The lowest BCUT2D eigenvalue weighted by Gasteiger charge is -2.15. The summed E-state index contributed by atoms with van der Waals surface area (Å²) in [6.45, 7) is 1.19. The van der Waals surface area contributed by atoms with E-state index >= 15 is 0 Å². The van der Waals surface area contributed by atoms with Gasteiger partial charge in [0.25, 0.3) is 5.78 Å². The molecular formula is C11H12F3N3O3. The summed E-state index contributed by atoms with van der Waals surface area (Å²) < 4.78 is 36.2. The number of aromatic nitrogens is 2. The van der Waals surface area contributed by atoms with Gasteiger partial charge in [0.15, 0.2) is 0 Å². The molecule has 0 fully saturated rings. The topological polar surface area (TPSA) is 95.1 Å². The van der Waals surface area contributed by atoms with Crippen LogP contribution in [0, 0.1) is 0 Å². The number of allylic oxidation sites excluding steroid dienone is 2. The van der Waals surface area contributed by atoms with E-state index in [9.17, 15) is 22.8 Å². The normalized spacial score (nSPS) is 13.9. The van der Waals surface area contributed by atoms with E-state index in [1.807, 2.05) is 0 Å². The average molecular weight is 291 g/mol. The first-order valence-corrected chi connectivity index (χ1v) is 5.46. The van der Waals surface area contributed by atoms with E-state index in [1.54, 1.807) is 0 Å². The lowest BCUT2D eigenvalue weighted by molar-refractivity contribution is -0.165. The zero-order chi connectivity index (χ0) is 15.3. The Morgan fingerprint density at radius 1 is 1.55 bits per heavy atom. The van der Waals surface area contributed by atoms with Crippen molar-refractivity contribution in [2.24, 2.45) is 0 Å². The molecule has 110 valence electrons. The second-order valence-electron chi connectivity index (χ2n) is 4.01. The highest BCUT2D eigenvalue weighted by atomic mass is 19.4. The first-order valence-electron chi connectivity index (χ1n) is 5.46. The average Bonchev–Trinajstić information content (AvgIpc) is 2.79. The molecule has 0 aliphatic heterocycles. The van der Waals surface area contributed by atoms with E-state index < -0.39 is 24.0 Å². The molecule has 6 nitrogen and oxygen atoms in total. The summed E-state index contributed by atoms with van der Waals surface area (Å²) in [5, 5.41) is 11.3. The van der Waals surface area contributed by atoms with Crippen molar-refractivity contribution in [3.8, 4) is 0 Å². The van der Waals surface area contributed by atoms with Crippen LogP contribution < -0.4 is 5.32 Å². The number of aromatic amines is 1. The van der Waals surface area contributed by atoms with Gasteiger partial charge in [0.05, 0.1) is 6.33 Å². The van der Waals surface area contributed by atoms with Gasteiger partial charge in [-0.25, -0.2) is 9.78 Å². The fourth-order valence-corrected chi connectivity index (χ4v) is 1.41. The zero-order valence-electron chi connectivity index (χ0n) is 10.4. The summed E-state index contributed by atoms with van der Waals surface area (Å²) >= 11 is 0. The maximum Gasteiger partial charge on any atom is 0.454 e. The van der Waals surface area contributed by atoms with E-state index in [0.717, 1.165) is 0 Å². The Morgan fingerprint density at radius 2 is 2.20 bits per heavy atom. The van der Waals surface area contributed by atoms with Gasteiger partial charge in [-0.1, -0.05) is 0 Å². The number of halogens is 3. The first-order chi connectivity index (χ1) is 9.20. The molecule has 1 unspecified atom stereocenters. The molecule has 0 bridgehead atoms. The Balaban J connectivity index is 2.73. The van der Waals surface area contributed by atoms with Crippen molar-refractivity contribution < 1.29 is 27.9 Å². The lowest BCUT2D eigenvalue weighted by atomic mass is 10.1. The quantitative estimate of drug-likeness (QED) is 0.680. The summed E-state index contributed by atoms with van der Waals surface area (Å²) in [6, 6.07) is -1.17. The summed E-state index contributed by atoms with van der Waals surface area (Å²) in [6.07, 6.45) is -1.92. The van der Waals surface area contributed by atoms with E-state index in [4.69, 9.17) is 5.11 Å². The SMILES string of the molecule is C/C(=C/C(=O)C(F)(F)F)NC(Cc1cnc[nH]1)C(=O)O. The van der Waals surface area contributed by atoms with Crippen molar-refractivity contribution in [2.45, 2.75) is 25.6 Å². The molecule has 0 aliphatic rings. The van der Waals surface area contributed by atoms with Gasteiger partial charge < -0.3 is 15.4 Å². The van der Waals surface area contributed by atoms with Gasteiger partial charge in [-0.2, -0.15) is 13.2 Å². The highest BCUT2D eigenvalue weighted by Gasteiger charge is 2.36. The van der Waals surface area contributed by atoms with Crippen molar-refractivity contribution >= 4 is 11.8 Å². The number of nitrogens with zero attached hydrogens (tertiary/aromatic N) is 1. The van der Waals surface area contributed by atoms with Crippen LogP contribution in [0.5, 0.6) is 0 Å². The summed E-state index contributed by atoms with van der Waals surface area (Å²) in [5.74, 6) is -3.31. The number of H-pyrrole nitrogens is 1. The minimum Gasteiger partial charge on any atom is -0.480 e. The molecule has 0 spiro atoms. The fourth-order valence-electron chi connectivity index (χ4n) is 1.41. The van der Waals surface area contributed by atoms with E-state index in [0.29, 0.717) is 11.8 Å². The van der Waals surface area contributed by atoms with Crippen LogP contribution in [0.2, 0.25) is 0 Å². The number of nitrogens with one attached hydrogen (secondary N) is 2. The number of aliphatic carboxylic acids is 1. The second kappa shape index (κ2) is 6.22. The van der Waals surface area contributed by atoms with E-state index in [-0.39, 0.29) is 12.1 Å². The number of carboxylic acid groups (broad SMARTS) is 1. The molecule has 1 atom stereocenters. The molecule has 0 amide bonds. The van der Waals surface area contributed by atoms with Crippen molar-refractivity contribution in [3.05, 3.63) is 30.0 Å². The molecule has 1 aromatic heterocycles. The van der Waals surface area contributed by atoms with Crippen LogP contribution in [-0.4, -0.2) is 39.0 Å². The third-order valence-electron chi connectivity index (χ3n) is 2.31. The maximum atomic E-state index is 12.1. The highest BCUT2D eigenvalue weighted by molar-refractivity contribution is 5.94. The van der Waals surface area contributed by atoms with Gasteiger partial charge in [-0.15, -0.1) is 0 Å². The largest absolute Gasteiger partial charge is 0.480 e. The number of alkyl halides is 3. The number of carbonyl (C=O) groups excluding carboxylic acids is 1. The number of imidazole rings is 1. The minimum absolute atomic E-state index is 0.0132. The lowest BCUT2D eigenvalue weighted by Crippen LogP contribution is -2.38. The third-order valence-corrected chi connectivity index (χ3v) is 2.31. The second-order valence-corrected chi connectivity index (χ2v) is 4.01. The Morgan fingerprint density at radius 3 is 2.65 bits per heavy atom. The monoisotopic (exact) mass is 291 g/mol. The van der Waals surface area contributed by atoms with Gasteiger partial charge in [-0.05, 0) is 6.92 Å². The Hall–Kier alpha value is -2.32. The molecule has 1 aromatic rings. The molecule has 0 saturated carbocycles. The molecule has 1 rings (SSSR count). The smallest absolute Gasteiger partial charge is 0.454 e. The van der Waals surface area contributed by atoms with E-state index in [1.165, 1.54) is 19.4 Å². The molecular weight excluding hydrogens is 279 g/mol. The number of hydrogen-bond acceptors (Lipinski definition) is 4. The molecule has 0 radical (unpaired) electrons. The summed E-state index contributed by atoms with van der Waals surface area (Å²) in [5.41, 5.74) is 0.319. The molecule has 3 N–H and O–H groups in total. The number of rotatable bonds is 6. The van der Waals surface area contributed by atoms with Crippen LogP contribution in [0.15, 0.2) is 24.3 Å². The van der Waals surface area contributed by atoms with Gasteiger partial charge in [-0.3, -0.25) is 4.79 Å². The molecule has 0 aromatic carbocycles. The number of carboxylic acids is 1. The Kier molecular flexibility index (Phi) is 4.89. The predicted octanol–water partition coefficient (Wildman–Crippen LogP) is 1.03. The van der Waals surface area contributed by atoms with Crippen molar-refractivity contribution in [1.82, 2.24) is 15.3 Å². The van der Waals surface area contributed by atoms with Crippen molar-refractivity contribution in [3.63, 3.8) is 0 Å². The van der Waals surface area contributed by atoms with Crippen LogP contribution in [-0.2, 0) is 16.0 Å². The molecule has 0 saturated heterocycles. The Labute approximate surface area is 111 Å². The predicted molar refractivity (Wildman–Crippen MR) is 61.7 cm³/mol. The van der Waals surface area contributed by atoms with Gasteiger partial charge in [0, 0.05) is 30.1 Å². The number of carbonyl (C=O) groups is 2. The summed E-state index contributed by atoms with van der Waals surface area (Å²) in [4.78, 5) is 28.1. The molecule has 1 heterocycles. The molecule has 20 heavy (non-hydrogen) atoms.